The summed E-state index contributed by atoms with van der Waals surface area (Å²) in [6.45, 7) is -0.153. The van der Waals surface area contributed by atoms with Crippen LogP contribution in [0.5, 0.6) is 5.75 Å². The van der Waals surface area contributed by atoms with Gasteiger partial charge in [-0.05, 0) is 30.2 Å². The summed E-state index contributed by atoms with van der Waals surface area (Å²) in [6, 6.07) is 13.2. The third kappa shape index (κ3) is 5.82. The molecule has 2 aromatic carbocycles. The molecule has 0 bridgehead atoms. The highest BCUT2D eigenvalue weighted by Gasteiger charge is 2.20. The number of methoxy groups -OCH3 is 1. The van der Waals surface area contributed by atoms with E-state index < -0.39 is 28.3 Å². The number of esters is 1. The fourth-order valence-corrected chi connectivity index (χ4v) is 3.34. The normalized spacial score (nSPS) is 10.9. The van der Waals surface area contributed by atoms with Crippen molar-refractivity contribution >= 4 is 21.7 Å². The second kappa shape index (κ2) is 9.18. The molecular formula is C19H21NO6S. The van der Waals surface area contributed by atoms with Gasteiger partial charge in [0.15, 0.2) is 16.4 Å². The van der Waals surface area contributed by atoms with Crippen LogP contribution in [0, 0.1) is 0 Å². The molecule has 2 aromatic rings. The highest BCUT2D eigenvalue weighted by molar-refractivity contribution is 7.90. The van der Waals surface area contributed by atoms with Crippen molar-refractivity contribution < 1.29 is 27.5 Å². The molecular weight excluding hydrogens is 370 g/mol. The molecule has 0 aliphatic heterocycles. The van der Waals surface area contributed by atoms with Gasteiger partial charge in [-0.1, -0.05) is 30.3 Å². The van der Waals surface area contributed by atoms with Crippen molar-refractivity contribution in [1.82, 2.24) is 5.32 Å². The molecule has 2 rings (SSSR count). The summed E-state index contributed by atoms with van der Waals surface area (Å²) in [6.07, 6.45) is 1.56. The van der Waals surface area contributed by atoms with Gasteiger partial charge in [-0.25, -0.2) is 13.2 Å². The lowest BCUT2D eigenvalue weighted by Gasteiger charge is -2.10. The van der Waals surface area contributed by atoms with Crippen LogP contribution < -0.4 is 10.1 Å². The Hall–Kier alpha value is -2.87. The lowest BCUT2D eigenvalue weighted by atomic mass is 10.1. The van der Waals surface area contributed by atoms with Crippen LogP contribution in [0.2, 0.25) is 0 Å². The van der Waals surface area contributed by atoms with Crippen LogP contribution in [0.3, 0.4) is 0 Å². The third-order valence-corrected chi connectivity index (χ3v) is 4.90. The molecule has 0 heterocycles. The number of amides is 1. The number of ether oxygens (including phenoxy) is 2. The number of nitrogens with one attached hydrogen (secondary N) is 1. The average Bonchev–Trinajstić information content (AvgIpc) is 2.65. The molecule has 0 radical (unpaired) electrons. The van der Waals surface area contributed by atoms with Crippen LogP contribution in [-0.2, 0) is 25.8 Å². The lowest BCUT2D eigenvalue weighted by Crippen LogP contribution is -2.30. The minimum Gasteiger partial charge on any atom is -0.496 e. The Kier molecular flexibility index (Phi) is 6.95. The van der Waals surface area contributed by atoms with Crippen LogP contribution >= 0.6 is 0 Å². The van der Waals surface area contributed by atoms with E-state index in [1.807, 2.05) is 24.3 Å². The Labute approximate surface area is 158 Å². The fraction of sp³-hybridized carbons (Fsp3) is 0.263. The monoisotopic (exact) mass is 391 g/mol. The summed E-state index contributed by atoms with van der Waals surface area (Å²) in [5, 5.41) is 2.64. The van der Waals surface area contributed by atoms with Crippen LogP contribution in [-0.4, -0.2) is 46.8 Å². The van der Waals surface area contributed by atoms with E-state index in [9.17, 15) is 18.0 Å². The van der Waals surface area contributed by atoms with Crippen molar-refractivity contribution in [2.24, 2.45) is 0 Å². The third-order valence-electron chi connectivity index (χ3n) is 3.75. The van der Waals surface area contributed by atoms with Gasteiger partial charge in [-0.2, -0.15) is 0 Å². The van der Waals surface area contributed by atoms with E-state index in [0.29, 0.717) is 13.0 Å². The standard InChI is InChI=1S/C19H21NO6S/c1-25-16-9-5-3-7-14(16)11-12-20-18(21)13-26-19(22)15-8-4-6-10-17(15)27(2,23)24/h3-10H,11-13H2,1-2H3,(H,20,21). The van der Waals surface area contributed by atoms with Crippen molar-refractivity contribution in [3.05, 3.63) is 59.7 Å². The lowest BCUT2D eigenvalue weighted by molar-refractivity contribution is -0.124. The Morgan fingerprint density at radius 2 is 1.70 bits per heavy atom. The second-order valence-electron chi connectivity index (χ2n) is 5.76. The Bertz CT molecular complexity index is 923. The van der Waals surface area contributed by atoms with Crippen molar-refractivity contribution in [3.63, 3.8) is 0 Å². The number of para-hydroxylation sites is 1. The number of benzene rings is 2. The van der Waals surface area contributed by atoms with Gasteiger partial charge in [0.2, 0.25) is 0 Å². The van der Waals surface area contributed by atoms with E-state index in [-0.39, 0.29) is 10.5 Å². The van der Waals surface area contributed by atoms with Gasteiger partial charge in [0.25, 0.3) is 5.91 Å². The molecule has 144 valence electrons. The maximum absolute atomic E-state index is 12.1. The first-order valence-electron chi connectivity index (χ1n) is 8.17. The number of hydrogen-bond donors (Lipinski definition) is 1. The Morgan fingerprint density at radius 1 is 1.04 bits per heavy atom. The Balaban J connectivity index is 1.87. The van der Waals surface area contributed by atoms with E-state index in [0.717, 1.165) is 17.6 Å². The molecule has 27 heavy (non-hydrogen) atoms. The first-order chi connectivity index (χ1) is 12.8. The molecule has 0 fully saturated rings. The summed E-state index contributed by atoms with van der Waals surface area (Å²) >= 11 is 0. The summed E-state index contributed by atoms with van der Waals surface area (Å²) in [5.74, 6) is -0.610. The number of hydrogen-bond acceptors (Lipinski definition) is 6. The molecule has 1 amide bonds. The molecule has 8 heteroatoms. The molecule has 0 aliphatic rings. The molecule has 0 aliphatic carbocycles. The van der Waals surface area contributed by atoms with Crippen LogP contribution in [0.15, 0.2) is 53.4 Å². The summed E-state index contributed by atoms with van der Waals surface area (Å²) in [7, 11) is -2.01. The quantitative estimate of drug-likeness (QED) is 0.687. The highest BCUT2D eigenvalue weighted by Crippen LogP contribution is 2.17. The number of carbonyl (C=O) groups excluding carboxylic acids is 2. The molecule has 0 saturated carbocycles. The van der Waals surface area contributed by atoms with E-state index in [2.05, 4.69) is 5.32 Å². The smallest absolute Gasteiger partial charge is 0.339 e. The number of carbonyl (C=O) groups is 2. The topological polar surface area (TPSA) is 98.8 Å². The zero-order valence-electron chi connectivity index (χ0n) is 15.1. The molecule has 0 aromatic heterocycles. The fourth-order valence-electron chi connectivity index (χ4n) is 2.46. The van der Waals surface area contributed by atoms with Gasteiger partial charge >= 0.3 is 5.97 Å². The van der Waals surface area contributed by atoms with Crippen molar-refractivity contribution in [3.8, 4) is 5.75 Å². The number of sulfone groups is 1. The van der Waals surface area contributed by atoms with Crippen molar-refractivity contribution in [2.45, 2.75) is 11.3 Å². The second-order valence-corrected chi connectivity index (χ2v) is 7.74. The highest BCUT2D eigenvalue weighted by atomic mass is 32.2. The van der Waals surface area contributed by atoms with Gasteiger partial charge < -0.3 is 14.8 Å². The molecule has 0 unspecified atom stereocenters. The van der Waals surface area contributed by atoms with E-state index >= 15 is 0 Å². The largest absolute Gasteiger partial charge is 0.496 e. The zero-order valence-corrected chi connectivity index (χ0v) is 15.9. The predicted octanol–water partition coefficient (Wildman–Crippen LogP) is 1.61. The van der Waals surface area contributed by atoms with Crippen LogP contribution in [0.1, 0.15) is 15.9 Å². The van der Waals surface area contributed by atoms with E-state index in [1.54, 1.807) is 7.11 Å². The summed E-state index contributed by atoms with van der Waals surface area (Å²) < 4.78 is 33.6. The molecule has 7 nitrogen and oxygen atoms in total. The maximum Gasteiger partial charge on any atom is 0.339 e. The Morgan fingerprint density at radius 3 is 2.41 bits per heavy atom. The van der Waals surface area contributed by atoms with Crippen molar-refractivity contribution in [2.75, 3.05) is 26.5 Å². The van der Waals surface area contributed by atoms with Crippen LogP contribution in [0.4, 0.5) is 0 Å². The van der Waals surface area contributed by atoms with Gasteiger partial charge in [0, 0.05) is 12.8 Å². The molecule has 0 atom stereocenters. The SMILES string of the molecule is COc1ccccc1CCNC(=O)COC(=O)c1ccccc1S(C)(=O)=O. The first-order valence-corrected chi connectivity index (χ1v) is 10.1. The zero-order chi connectivity index (χ0) is 19.9. The van der Waals surface area contributed by atoms with Crippen LogP contribution in [0.25, 0.3) is 0 Å². The maximum atomic E-state index is 12.1. The van der Waals surface area contributed by atoms with Gasteiger partial charge in [0.1, 0.15) is 5.75 Å². The minimum absolute atomic E-state index is 0.0955. The van der Waals surface area contributed by atoms with E-state index in [4.69, 9.17) is 9.47 Å². The minimum atomic E-state index is -3.58. The number of rotatable bonds is 8. The van der Waals surface area contributed by atoms with Gasteiger partial charge in [-0.3, -0.25) is 4.79 Å². The molecule has 1 N–H and O–H groups in total. The van der Waals surface area contributed by atoms with Crippen molar-refractivity contribution in [1.29, 1.82) is 0 Å². The summed E-state index contributed by atoms with van der Waals surface area (Å²) in [5.41, 5.74) is 0.848. The molecule has 0 spiro atoms. The van der Waals surface area contributed by atoms with Gasteiger partial charge in [0.05, 0.1) is 17.6 Å². The van der Waals surface area contributed by atoms with E-state index in [1.165, 1.54) is 24.3 Å². The average molecular weight is 391 g/mol. The molecule has 0 saturated heterocycles. The first kappa shape index (κ1) is 20.4. The summed E-state index contributed by atoms with van der Waals surface area (Å²) in [4.78, 5) is 23.8. The van der Waals surface area contributed by atoms with Gasteiger partial charge in [-0.15, -0.1) is 0 Å². The predicted molar refractivity (Wildman–Crippen MR) is 99.5 cm³/mol.